The number of benzene rings is 1. The molecule has 0 aliphatic rings. The van der Waals surface area contributed by atoms with Crippen LogP contribution in [0.3, 0.4) is 0 Å². The Kier molecular flexibility index (Phi) is 6.44. The molecule has 5 heteroatoms. The van der Waals surface area contributed by atoms with Gasteiger partial charge in [0.25, 0.3) is 0 Å². The molecule has 0 unspecified atom stereocenters. The van der Waals surface area contributed by atoms with Gasteiger partial charge in [-0.25, -0.2) is 4.98 Å². The van der Waals surface area contributed by atoms with Gasteiger partial charge in [-0.15, -0.1) is 0 Å². The van der Waals surface area contributed by atoms with Crippen LogP contribution in [0.25, 0.3) is 11.0 Å². The van der Waals surface area contributed by atoms with Gasteiger partial charge in [-0.3, -0.25) is 4.99 Å². The lowest BCUT2D eigenvalue weighted by Crippen LogP contribution is -2.41. The number of fused-ring (bicyclic) bond motifs is 1. The first-order valence-electron chi connectivity index (χ1n) is 8.55. The fourth-order valence-electron chi connectivity index (χ4n) is 2.80. The highest BCUT2D eigenvalue weighted by atomic mass is 15.2. The summed E-state index contributed by atoms with van der Waals surface area (Å²) in [5.41, 5.74) is 2.24. The van der Waals surface area contributed by atoms with Crippen molar-refractivity contribution in [3.8, 4) is 0 Å². The zero-order chi connectivity index (χ0) is 16.7. The molecule has 0 atom stereocenters. The number of nitrogens with one attached hydrogen (secondary N) is 2. The first kappa shape index (κ1) is 17.3. The summed E-state index contributed by atoms with van der Waals surface area (Å²) in [6.07, 6.45) is 2.39. The molecule has 0 spiro atoms. The van der Waals surface area contributed by atoms with Crippen LogP contribution in [-0.2, 0) is 6.54 Å². The summed E-state index contributed by atoms with van der Waals surface area (Å²) >= 11 is 0. The highest BCUT2D eigenvalue weighted by Crippen LogP contribution is 2.14. The molecular weight excluding hydrogens is 286 g/mol. The van der Waals surface area contributed by atoms with Gasteiger partial charge in [-0.2, -0.15) is 0 Å². The van der Waals surface area contributed by atoms with E-state index in [4.69, 9.17) is 0 Å². The highest BCUT2D eigenvalue weighted by molar-refractivity contribution is 5.79. The van der Waals surface area contributed by atoms with Gasteiger partial charge in [0.15, 0.2) is 5.96 Å². The molecule has 0 amide bonds. The van der Waals surface area contributed by atoms with Crippen LogP contribution in [0.2, 0.25) is 0 Å². The Morgan fingerprint density at radius 3 is 2.65 bits per heavy atom. The SMILES string of the molecule is CCC(CC)CNC(=NC)NCCn1c(C)nc2ccccc21. The molecule has 2 N–H and O–H groups in total. The number of rotatable bonds is 7. The number of aliphatic imine (C=N–C) groups is 1. The molecule has 126 valence electrons. The van der Waals surface area contributed by atoms with Gasteiger partial charge in [-0.1, -0.05) is 38.8 Å². The van der Waals surface area contributed by atoms with Crippen molar-refractivity contribution < 1.29 is 0 Å². The number of para-hydroxylation sites is 2. The number of guanidine groups is 1. The smallest absolute Gasteiger partial charge is 0.191 e. The van der Waals surface area contributed by atoms with E-state index in [1.165, 1.54) is 18.4 Å². The minimum atomic E-state index is 0.702. The largest absolute Gasteiger partial charge is 0.356 e. The summed E-state index contributed by atoms with van der Waals surface area (Å²) in [4.78, 5) is 8.90. The molecule has 1 aromatic heterocycles. The second-order valence-corrected chi connectivity index (χ2v) is 5.86. The second-order valence-electron chi connectivity index (χ2n) is 5.86. The summed E-state index contributed by atoms with van der Waals surface area (Å²) in [5.74, 6) is 2.63. The lowest BCUT2D eigenvalue weighted by molar-refractivity contribution is 0.481. The maximum atomic E-state index is 4.60. The predicted octanol–water partition coefficient (Wildman–Crippen LogP) is 2.95. The van der Waals surface area contributed by atoms with Crippen molar-refractivity contribution in [1.29, 1.82) is 0 Å². The predicted molar refractivity (Wildman–Crippen MR) is 97.9 cm³/mol. The number of nitrogens with zero attached hydrogens (tertiary/aromatic N) is 3. The molecule has 0 saturated heterocycles. The standard InChI is InChI=1S/C18H29N5/c1-5-15(6-2)13-21-18(19-4)20-11-12-23-14(3)22-16-9-7-8-10-17(16)23/h7-10,15H,5-6,11-13H2,1-4H3,(H2,19,20,21). The van der Waals surface area contributed by atoms with E-state index in [-0.39, 0.29) is 0 Å². The summed E-state index contributed by atoms with van der Waals surface area (Å²) in [5, 5.41) is 6.81. The van der Waals surface area contributed by atoms with E-state index in [2.05, 4.69) is 64.1 Å². The normalized spacial score (nSPS) is 12.1. The minimum Gasteiger partial charge on any atom is -0.356 e. The molecule has 23 heavy (non-hydrogen) atoms. The number of aromatic nitrogens is 2. The van der Waals surface area contributed by atoms with Crippen LogP contribution in [0, 0.1) is 12.8 Å². The molecule has 0 fully saturated rings. The molecule has 1 aromatic carbocycles. The van der Waals surface area contributed by atoms with E-state index in [0.29, 0.717) is 5.92 Å². The number of aryl methyl sites for hydroxylation is 1. The van der Waals surface area contributed by atoms with Gasteiger partial charge in [0.2, 0.25) is 0 Å². The average Bonchev–Trinajstić information content (AvgIpc) is 2.89. The van der Waals surface area contributed by atoms with E-state index >= 15 is 0 Å². The van der Waals surface area contributed by atoms with Crippen LogP contribution in [0.4, 0.5) is 0 Å². The summed E-state index contributed by atoms with van der Waals surface area (Å²) in [6, 6.07) is 8.27. The lowest BCUT2D eigenvalue weighted by Gasteiger charge is -2.17. The van der Waals surface area contributed by atoms with Crippen molar-refractivity contribution in [3.63, 3.8) is 0 Å². The number of imidazole rings is 1. The van der Waals surface area contributed by atoms with Crippen LogP contribution in [-0.4, -0.2) is 35.6 Å². The quantitative estimate of drug-likeness (QED) is 0.610. The molecular formula is C18H29N5. The monoisotopic (exact) mass is 315 g/mol. The van der Waals surface area contributed by atoms with Gasteiger partial charge in [0.1, 0.15) is 5.82 Å². The van der Waals surface area contributed by atoms with E-state index in [1.54, 1.807) is 0 Å². The van der Waals surface area contributed by atoms with Crippen LogP contribution in [0.15, 0.2) is 29.3 Å². The van der Waals surface area contributed by atoms with E-state index in [1.807, 2.05) is 13.1 Å². The summed E-state index contributed by atoms with van der Waals surface area (Å²) in [7, 11) is 1.82. The van der Waals surface area contributed by atoms with Gasteiger partial charge < -0.3 is 15.2 Å². The first-order chi connectivity index (χ1) is 11.2. The summed E-state index contributed by atoms with van der Waals surface area (Å²) in [6.45, 7) is 9.19. The van der Waals surface area contributed by atoms with Gasteiger partial charge in [-0.05, 0) is 25.0 Å². The van der Waals surface area contributed by atoms with Crippen LogP contribution < -0.4 is 10.6 Å². The van der Waals surface area contributed by atoms with Gasteiger partial charge >= 0.3 is 0 Å². The Morgan fingerprint density at radius 2 is 1.96 bits per heavy atom. The Hall–Kier alpha value is -2.04. The minimum absolute atomic E-state index is 0.702. The molecule has 0 bridgehead atoms. The maximum absolute atomic E-state index is 4.60. The first-order valence-corrected chi connectivity index (χ1v) is 8.55. The van der Waals surface area contributed by atoms with Crippen molar-refractivity contribution in [2.75, 3.05) is 20.1 Å². The summed E-state index contributed by atoms with van der Waals surface area (Å²) < 4.78 is 2.25. The lowest BCUT2D eigenvalue weighted by atomic mass is 10.0. The van der Waals surface area contributed by atoms with Crippen molar-refractivity contribution in [3.05, 3.63) is 30.1 Å². The maximum Gasteiger partial charge on any atom is 0.191 e. The van der Waals surface area contributed by atoms with Crippen LogP contribution in [0.5, 0.6) is 0 Å². The molecule has 0 saturated carbocycles. The van der Waals surface area contributed by atoms with Gasteiger partial charge in [0, 0.05) is 26.7 Å². The molecule has 2 aromatic rings. The third-order valence-corrected chi connectivity index (χ3v) is 4.41. The zero-order valence-corrected chi connectivity index (χ0v) is 14.8. The third-order valence-electron chi connectivity index (χ3n) is 4.41. The molecule has 0 aliphatic heterocycles. The van der Waals surface area contributed by atoms with E-state index in [0.717, 1.165) is 36.9 Å². The molecule has 0 radical (unpaired) electrons. The average molecular weight is 315 g/mol. The van der Waals surface area contributed by atoms with Crippen molar-refractivity contribution >= 4 is 17.0 Å². The Morgan fingerprint density at radius 1 is 1.22 bits per heavy atom. The zero-order valence-electron chi connectivity index (χ0n) is 14.8. The molecule has 1 heterocycles. The highest BCUT2D eigenvalue weighted by Gasteiger charge is 2.07. The molecule has 0 aliphatic carbocycles. The van der Waals surface area contributed by atoms with Gasteiger partial charge in [0.05, 0.1) is 11.0 Å². The fourth-order valence-corrected chi connectivity index (χ4v) is 2.80. The molecule has 5 nitrogen and oxygen atoms in total. The number of hydrogen-bond acceptors (Lipinski definition) is 2. The van der Waals surface area contributed by atoms with Crippen molar-refractivity contribution in [1.82, 2.24) is 20.2 Å². The van der Waals surface area contributed by atoms with Crippen molar-refractivity contribution in [2.24, 2.45) is 10.9 Å². The van der Waals surface area contributed by atoms with Crippen molar-refractivity contribution in [2.45, 2.75) is 40.2 Å². The Bertz CT molecular complexity index is 640. The van der Waals surface area contributed by atoms with E-state index in [9.17, 15) is 0 Å². The Labute approximate surface area is 139 Å². The van der Waals surface area contributed by atoms with Crippen LogP contribution in [0.1, 0.15) is 32.5 Å². The fraction of sp³-hybridized carbons (Fsp3) is 0.556. The number of hydrogen-bond donors (Lipinski definition) is 2. The molecule has 2 rings (SSSR count). The van der Waals surface area contributed by atoms with Crippen LogP contribution >= 0.6 is 0 Å². The second kappa shape index (κ2) is 8.56. The Balaban J connectivity index is 1.89. The third kappa shape index (κ3) is 4.47. The topological polar surface area (TPSA) is 54.2 Å². The van der Waals surface area contributed by atoms with E-state index < -0.39 is 0 Å².